The van der Waals surface area contributed by atoms with Crippen LogP contribution in [0.25, 0.3) is 0 Å². The predicted molar refractivity (Wildman–Crippen MR) is 104 cm³/mol. The van der Waals surface area contributed by atoms with Crippen molar-refractivity contribution < 1.29 is 9.53 Å². The summed E-state index contributed by atoms with van der Waals surface area (Å²) in [7, 11) is 0. The van der Waals surface area contributed by atoms with E-state index in [0.717, 1.165) is 13.1 Å². The largest absolute Gasteiger partial charge is 0.379 e. The maximum absolute atomic E-state index is 12.5. The van der Waals surface area contributed by atoms with Gasteiger partial charge in [-0.15, -0.1) is 0 Å². The first-order chi connectivity index (χ1) is 13.2. The first-order valence-electron chi connectivity index (χ1n) is 9.12. The molecule has 0 unspecified atom stereocenters. The summed E-state index contributed by atoms with van der Waals surface area (Å²) < 4.78 is 5.48. The number of nitriles is 1. The third-order valence-corrected chi connectivity index (χ3v) is 4.68. The number of anilines is 1. The molecule has 0 radical (unpaired) electrons. The van der Waals surface area contributed by atoms with Crippen molar-refractivity contribution in [3.8, 4) is 6.07 Å². The van der Waals surface area contributed by atoms with E-state index in [0.29, 0.717) is 24.5 Å². The van der Waals surface area contributed by atoms with Gasteiger partial charge in [0.2, 0.25) is 0 Å². The Kier molecular flexibility index (Phi) is 6.42. The zero-order valence-electron chi connectivity index (χ0n) is 15.4. The lowest BCUT2D eigenvalue weighted by Gasteiger charge is -2.38. The predicted octanol–water partition coefficient (Wildman–Crippen LogP) is 3.14. The van der Waals surface area contributed by atoms with Gasteiger partial charge in [0.15, 0.2) is 0 Å². The van der Waals surface area contributed by atoms with Crippen LogP contribution < -0.4 is 10.6 Å². The number of urea groups is 1. The minimum atomic E-state index is -0.263. The van der Waals surface area contributed by atoms with Crippen LogP contribution in [0, 0.1) is 11.3 Å². The number of carbonyl (C=O) groups excluding carboxylic acids is 1. The highest BCUT2D eigenvalue weighted by molar-refractivity contribution is 5.89. The molecule has 1 aliphatic rings. The molecule has 1 heterocycles. The Hall–Kier alpha value is -2.88. The van der Waals surface area contributed by atoms with Gasteiger partial charge in [0.05, 0.1) is 30.9 Å². The van der Waals surface area contributed by atoms with Crippen molar-refractivity contribution in [1.29, 1.82) is 5.26 Å². The minimum Gasteiger partial charge on any atom is -0.379 e. The standard InChI is InChI=1S/C21H24N4O2/c1-16(23-21(26)24-19-9-7-17(15-22)8-10-19)20(18-5-3-2-4-6-18)25-11-13-27-14-12-25/h2-10,16,20H,11-14H2,1H3,(H2,23,24,26)/t16-,20-/m0/s1. The van der Waals surface area contributed by atoms with Crippen molar-refractivity contribution in [3.05, 3.63) is 65.7 Å². The molecule has 2 aromatic carbocycles. The first-order valence-corrected chi connectivity index (χ1v) is 9.12. The number of ether oxygens (including phenoxy) is 1. The molecule has 2 atom stereocenters. The van der Waals surface area contributed by atoms with E-state index in [1.165, 1.54) is 5.56 Å². The number of nitrogens with one attached hydrogen (secondary N) is 2. The number of hydrogen-bond acceptors (Lipinski definition) is 4. The van der Waals surface area contributed by atoms with Crippen LogP contribution in [-0.4, -0.2) is 43.3 Å². The van der Waals surface area contributed by atoms with E-state index in [-0.39, 0.29) is 18.1 Å². The van der Waals surface area contributed by atoms with Crippen molar-refractivity contribution in [2.45, 2.75) is 19.0 Å². The van der Waals surface area contributed by atoms with E-state index in [2.05, 4.69) is 33.7 Å². The van der Waals surface area contributed by atoms with Crippen LogP contribution in [0.2, 0.25) is 0 Å². The molecule has 1 saturated heterocycles. The Bertz CT molecular complexity index is 780. The molecule has 0 aromatic heterocycles. The van der Waals surface area contributed by atoms with Crippen LogP contribution in [-0.2, 0) is 4.74 Å². The van der Waals surface area contributed by atoms with Gasteiger partial charge >= 0.3 is 6.03 Å². The van der Waals surface area contributed by atoms with E-state index < -0.39 is 0 Å². The molecule has 1 fully saturated rings. The molecule has 0 aliphatic carbocycles. The molecular formula is C21H24N4O2. The monoisotopic (exact) mass is 364 g/mol. The molecule has 6 heteroatoms. The summed E-state index contributed by atoms with van der Waals surface area (Å²) in [5, 5.41) is 14.7. The molecule has 0 saturated carbocycles. The molecular weight excluding hydrogens is 340 g/mol. The summed E-state index contributed by atoms with van der Waals surface area (Å²) >= 11 is 0. The summed E-state index contributed by atoms with van der Waals surface area (Å²) in [6.45, 7) is 5.10. The van der Waals surface area contributed by atoms with Gasteiger partial charge in [0, 0.05) is 24.8 Å². The summed E-state index contributed by atoms with van der Waals surface area (Å²) in [6.07, 6.45) is 0. The highest BCUT2D eigenvalue weighted by atomic mass is 16.5. The number of hydrogen-bond donors (Lipinski definition) is 2. The van der Waals surface area contributed by atoms with Crippen LogP contribution in [0.1, 0.15) is 24.1 Å². The molecule has 2 amide bonds. The molecule has 2 N–H and O–H groups in total. The Morgan fingerprint density at radius 1 is 1.11 bits per heavy atom. The third kappa shape index (κ3) is 5.07. The number of carbonyl (C=O) groups is 1. The highest BCUT2D eigenvalue weighted by Gasteiger charge is 2.28. The van der Waals surface area contributed by atoms with Gasteiger partial charge in [-0.1, -0.05) is 30.3 Å². The highest BCUT2D eigenvalue weighted by Crippen LogP contribution is 2.25. The molecule has 140 valence electrons. The normalized spacial score (nSPS) is 16.7. The number of rotatable bonds is 5. The van der Waals surface area contributed by atoms with Crippen molar-refractivity contribution >= 4 is 11.7 Å². The Balaban J connectivity index is 1.68. The lowest BCUT2D eigenvalue weighted by Crippen LogP contribution is -2.49. The SMILES string of the molecule is C[C@H](NC(=O)Nc1ccc(C#N)cc1)[C@@H](c1ccccc1)N1CCOCC1. The lowest BCUT2D eigenvalue weighted by atomic mass is 9.98. The summed E-state index contributed by atoms with van der Waals surface area (Å²) in [6, 6.07) is 18.8. The molecule has 0 bridgehead atoms. The Labute approximate surface area is 159 Å². The van der Waals surface area contributed by atoms with Gasteiger partial charge in [-0.05, 0) is 36.8 Å². The van der Waals surface area contributed by atoms with Gasteiger partial charge in [0.25, 0.3) is 0 Å². The molecule has 3 rings (SSSR count). The number of nitrogens with zero attached hydrogens (tertiary/aromatic N) is 2. The average molecular weight is 364 g/mol. The van der Waals surface area contributed by atoms with Gasteiger partial charge < -0.3 is 15.4 Å². The van der Waals surface area contributed by atoms with Gasteiger partial charge in [0.1, 0.15) is 0 Å². The topological polar surface area (TPSA) is 77.4 Å². The fourth-order valence-corrected chi connectivity index (χ4v) is 3.40. The smallest absolute Gasteiger partial charge is 0.319 e. The fraction of sp³-hybridized carbons (Fsp3) is 0.333. The lowest BCUT2D eigenvalue weighted by molar-refractivity contribution is 0.00974. The second-order valence-electron chi connectivity index (χ2n) is 6.58. The molecule has 2 aromatic rings. The molecule has 1 aliphatic heterocycles. The molecule has 27 heavy (non-hydrogen) atoms. The summed E-state index contributed by atoms with van der Waals surface area (Å²) in [5.41, 5.74) is 2.39. The van der Waals surface area contributed by atoms with E-state index in [1.807, 2.05) is 25.1 Å². The zero-order chi connectivity index (χ0) is 19.1. The van der Waals surface area contributed by atoms with Crippen LogP contribution in [0.15, 0.2) is 54.6 Å². The minimum absolute atomic E-state index is 0.0711. The maximum Gasteiger partial charge on any atom is 0.319 e. The fourth-order valence-electron chi connectivity index (χ4n) is 3.40. The Morgan fingerprint density at radius 2 is 1.78 bits per heavy atom. The molecule has 0 spiro atoms. The number of amides is 2. The van der Waals surface area contributed by atoms with Crippen LogP contribution in [0.3, 0.4) is 0 Å². The summed E-state index contributed by atoms with van der Waals surface area (Å²) in [4.78, 5) is 14.8. The van der Waals surface area contributed by atoms with Gasteiger partial charge in [-0.3, -0.25) is 4.90 Å². The Morgan fingerprint density at radius 3 is 2.41 bits per heavy atom. The van der Waals surface area contributed by atoms with Gasteiger partial charge in [-0.2, -0.15) is 5.26 Å². The van der Waals surface area contributed by atoms with E-state index in [1.54, 1.807) is 24.3 Å². The second-order valence-corrected chi connectivity index (χ2v) is 6.58. The van der Waals surface area contributed by atoms with Crippen molar-refractivity contribution in [2.75, 3.05) is 31.6 Å². The van der Waals surface area contributed by atoms with Crippen LogP contribution in [0.5, 0.6) is 0 Å². The van der Waals surface area contributed by atoms with Crippen LogP contribution >= 0.6 is 0 Å². The average Bonchev–Trinajstić information content (AvgIpc) is 2.70. The van der Waals surface area contributed by atoms with Crippen LogP contribution in [0.4, 0.5) is 10.5 Å². The van der Waals surface area contributed by atoms with Crippen molar-refractivity contribution in [3.63, 3.8) is 0 Å². The molecule has 6 nitrogen and oxygen atoms in total. The van der Waals surface area contributed by atoms with E-state index >= 15 is 0 Å². The first kappa shape index (κ1) is 18.9. The van der Waals surface area contributed by atoms with Crippen molar-refractivity contribution in [1.82, 2.24) is 10.2 Å². The van der Waals surface area contributed by atoms with E-state index in [4.69, 9.17) is 10.00 Å². The second kappa shape index (κ2) is 9.17. The number of benzene rings is 2. The van der Waals surface area contributed by atoms with Gasteiger partial charge in [-0.25, -0.2) is 4.79 Å². The number of morpholine rings is 1. The quantitative estimate of drug-likeness (QED) is 0.854. The maximum atomic E-state index is 12.5. The van der Waals surface area contributed by atoms with E-state index in [9.17, 15) is 4.79 Å². The summed E-state index contributed by atoms with van der Waals surface area (Å²) in [5.74, 6) is 0. The van der Waals surface area contributed by atoms with Crippen molar-refractivity contribution in [2.24, 2.45) is 0 Å². The third-order valence-electron chi connectivity index (χ3n) is 4.68. The zero-order valence-corrected chi connectivity index (χ0v) is 15.4.